The molecule has 0 bridgehead atoms. The Balaban J connectivity index is 3.14. The first-order valence-corrected chi connectivity index (χ1v) is 6.09. The molecule has 1 saturated heterocycles. The first-order valence-electron chi connectivity index (χ1n) is 6.09. The van der Waals surface area contributed by atoms with Crippen LogP contribution in [0.5, 0.6) is 0 Å². The Labute approximate surface area is 101 Å². The van der Waals surface area contributed by atoms with Crippen molar-refractivity contribution in [3.05, 3.63) is 0 Å². The lowest BCUT2D eigenvalue weighted by Crippen LogP contribution is -2.56. The van der Waals surface area contributed by atoms with Gasteiger partial charge in [-0.1, -0.05) is 26.7 Å². The van der Waals surface area contributed by atoms with Crippen LogP contribution in [0.2, 0.25) is 0 Å². The van der Waals surface area contributed by atoms with Crippen molar-refractivity contribution < 1.29 is 19.5 Å². The second-order valence-corrected chi connectivity index (χ2v) is 4.46. The molecular weight excluding hydrogens is 222 g/mol. The maximum Gasteiger partial charge on any atom is 0.330 e. The molecule has 0 radical (unpaired) electrons. The Morgan fingerprint density at radius 3 is 1.88 bits per heavy atom. The van der Waals surface area contributed by atoms with E-state index in [1.807, 2.05) is 13.8 Å². The highest BCUT2D eigenvalue weighted by molar-refractivity contribution is 6.06. The topological polar surface area (TPSA) is 74.7 Å². The Morgan fingerprint density at radius 1 is 1.18 bits per heavy atom. The molecule has 0 aromatic heterocycles. The van der Waals surface area contributed by atoms with E-state index in [9.17, 15) is 19.5 Å². The lowest BCUT2D eigenvalue weighted by atomic mass is 9.87. The maximum absolute atomic E-state index is 11.7. The van der Waals surface area contributed by atoms with Gasteiger partial charge in [0, 0.05) is 12.8 Å². The van der Waals surface area contributed by atoms with E-state index < -0.39 is 11.5 Å². The molecular formula is C12H19NO4. The quantitative estimate of drug-likeness (QED) is 0.716. The van der Waals surface area contributed by atoms with Gasteiger partial charge in [0.05, 0.1) is 0 Å². The molecule has 0 aromatic rings. The van der Waals surface area contributed by atoms with Gasteiger partial charge in [-0.25, -0.2) is 4.79 Å². The van der Waals surface area contributed by atoms with Gasteiger partial charge in [0.2, 0.25) is 11.8 Å². The monoisotopic (exact) mass is 241 g/mol. The second kappa shape index (κ2) is 5.29. The number of hydrogen-bond donors (Lipinski definition) is 1. The molecule has 1 fully saturated rings. The molecule has 1 heterocycles. The van der Waals surface area contributed by atoms with Gasteiger partial charge in [-0.15, -0.1) is 0 Å². The molecule has 1 aliphatic rings. The van der Waals surface area contributed by atoms with Crippen LogP contribution in [0.3, 0.4) is 0 Å². The Hall–Kier alpha value is -1.39. The molecule has 5 heteroatoms. The predicted molar refractivity (Wildman–Crippen MR) is 61.3 cm³/mol. The van der Waals surface area contributed by atoms with Crippen LogP contribution >= 0.6 is 0 Å². The van der Waals surface area contributed by atoms with Crippen molar-refractivity contribution in [2.75, 3.05) is 0 Å². The predicted octanol–water partition coefficient (Wildman–Crippen LogP) is 1.56. The van der Waals surface area contributed by atoms with Gasteiger partial charge in [0.15, 0.2) is 0 Å². The van der Waals surface area contributed by atoms with Gasteiger partial charge >= 0.3 is 5.97 Å². The van der Waals surface area contributed by atoms with E-state index in [1.54, 1.807) is 0 Å². The lowest BCUT2D eigenvalue weighted by molar-refractivity contribution is -0.164. The van der Waals surface area contributed by atoms with Crippen molar-refractivity contribution in [2.24, 2.45) is 0 Å². The molecule has 0 atom stereocenters. The molecule has 1 N–H and O–H groups in total. The van der Waals surface area contributed by atoms with Gasteiger partial charge in [-0.2, -0.15) is 0 Å². The van der Waals surface area contributed by atoms with Crippen molar-refractivity contribution in [1.82, 2.24) is 4.90 Å². The van der Waals surface area contributed by atoms with Crippen LogP contribution in [0.1, 0.15) is 52.4 Å². The van der Waals surface area contributed by atoms with E-state index in [2.05, 4.69) is 0 Å². The highest BCUT2D eigenvalue weighted by atomic mass is 16.4. The minimum Gasteiger partial charge on any atom is -0.479 e. The van der Waals surface area contributed by atoms with Crippen molar-refractivity contribution in [3.8, 4) is 0 Å². The zero-order valence-electron chi connectivity index (χ0n) is 10.4. The molecule has 0 spiro atoms. The second-order valence-electron chi connectivity index (χ2n) is 4.46. The molecule has 0 aromatic carbocycles. The molecule has 96 valence electrons. The molecule has 0 unspecified atom stereocenters. The number of carbonyl (C=O) groups excluding carboxylic acids is 2. The van der Waals surface area contributed by atoms with Crippen LogP contribution in [-0.4, -0.2) is 33.3 Å². The Kier molecular flexibility index (Phi) is 4.26. The summed E-state index contributed by atoms with van der Waals surface area (Å²) >= 11 is 0. The summed E-state index contributed by atoms with van der Waals surface area (Å²) < 4.78 is 0. The zero-order chi connectivity index (χ0) is 13.1. The SMILES string of the molecule is CCCC(CCC)(C(=O)O)N1C(=O)CCC1=O. The fourth-order valence-corrected chi connectivity index (χ4v) is 2.54. The van der Waals surface area contributed by atoms with Gasteiger partial charge < -0.3 is 5.11 Å². The van der Waals surface area contributed by atoms with Crippen LogP contribution in [0.15, 0.2) is 0 Å². The number of imide groups is 1. The summed E-state index contributed by atoms with van der Waals surface area (Å²) in [6.07, 6.45) is 2.19. The van der Waals surface area contributed by atoms with Crippen LogP contribution in [-0.2, 0) is 14.4 Å². The number of carbonyl (C=O) groups is 3. The van der Waals surface area contributed by atoms with E-state index in [0.29, 0.717) is 25.7 Å². The summed E-state index contributed by atoms with van der Waals surface area (Å²) in [6, 6.07) is 0. The Morgan fingerprint density at radius 2 is 1.59 bits per heavy atom. The van der Waals surface area contributed by atoms with Crippen molar-refractivity contribution in [1.29, 1.82) is 0 Å². The third-order valence-corrected chi connectivity index (χ3v) is 3.20. The van der Waals surface area contributed by atoms with E-state index in [1.165, 1.54) is 0 Å². The van der Waals surface area contributed by atoms with Crippen LogP contribution in [0.25, 0.3) is 0 Å². The molecule has 0 aliphatic carbocycles. The molecule has 5 nitrogen and oxygen atoms in total. The van der Waals surface area contributed by atoms with E-state index in [0.717, 1.165) is 4.90 Å². The largest absolute Gasteiger partial charge is 0.479 e. The van der Waals surface area contributed by atoms with Crippen LogP contribution in [0, 0.1) is 0 Å². The number of rotatable bonds is 6. The highest BCUT2D eigenvalue weighted by Crippen LogP contribution is 2.32. The Bertz CT molecular complexity index is 315. The minimum atomic E-state index is -1.33. The first kappa shape index (κ1) is 13.7. The number of aliphatic carboxylic acids is 1. The molecule has 1 aliphatic heterocycles. The average Bonchev–Trinajstić information content (AvgIpc) is 2.58. The van der Waals surface area contributed by atoms with E-state index >= 15 is 0 Å². The summed E-state index contributed by atoms with van der Waals surface area (Å²) in [7, 11) is 0. The van der Waals surface area contributed by atoms with Crippen molar-refractivity contribution in [2.45, 2.75) is 57.9 Å². The molecule has 1 rings (SSSR count). The average molecular weight is 241 g/mol. The minimum absolute atomic E-state index is 0.140. The smallest absolute Gasteiger partial charge is 0.330 e. The maximum atomic E-state index is 11.7. The number of hydrogen-bond acceptors (Lipinski definition) is 3. The zero-order valence-corrected chi connectivity index (χ0v) is 10.4. The number of carboxylic acids is 1. The van der Waals surface area contributed by atoms with Gasteiger partial charge in [-0.05, 0) is 12.8 Å². The van der Waals surface area contributed by atoms with E-state index in [-0.39, 0.29) is 24.7 Å². The molecule has 2 amide bonds. The van der Waals surface area contributed by atoms with Gasteiger partial charge in [0.25, 0.3) is 0 Å². The summed E-state index contributed by atoms with van der Waals surface area (Å²) in [5.74, 6) is -1.76. The van der Waals surface area contributed by atoms with Crippen molar-refractivity contribution >= 4 is 17.8 Å². The fraction of sp³-hybridized carbons (Fsp3) is 0.750. The fourth-order valence-electron chi connectivity index (χ4n) is 2.54. The third-order valence-electron chi connectivity index (χ3n) is 3.20. The number of likely N-dealkylation sites (tertiary alicyclic amines) is 1. The first-order chi connectivity index (χ1) is 7.99. The normalized spacial score (nSPS) is 16.7. The van der Waals surface area contributed by atoms with Crippen molar-refractivity contribution in [3.63, 3.8) is 0 Å². The van der Waals surface area contributed by atoms with Gasteiger partial charge in [0.1, 0.15) is 5.54 Å². The third kappa shape index (κ3) is 2.33. The van der Waals surface area contributed by atoms with Crippen LogP contribution < -0.4 is 0 Å². The standard InChI is InChI=1S/C12H19NO4/c1-3-7-12(8-4-2,11(16)17)13-9(14)5-6-10(13)15/h3-8H2,1-2H3,(H,16,17). The van der Waals surface area contributed by atoms with Crippen LogP contribution in [0.4, 0.5) is 0 Å². The lowest BCUT2D eigenvalue weighted by Gasteiger charge is -2.36. The summed E-state index contributed by atoms with van der Waals surface area (Å²) in [5.41, 5.74) is -1.33. The highest BCUT2D eigenvalue weighted by Gasteiger charge is 2.50. The molecule has 0 saturated carbocycles. The number of carboxylic acid groups (broad SMARTS) is 1. The summed E-state index contributed by atoms with van der Waals surface area (Å²) in [4.78, 5) is 36.0. The summed E-state index contributed by atoms with van der Waals surface area (Å²) in [5, 5.41) is 9.44. The number of amides is 2. The number of nitrogens with zero attached hydrogens (tertiary/aromatic N) is 1. The molecule has 17 heavy (non-hydrogen) atoms. The van der Waals surface area contributed by atoms with E-state index in [4.69, 9.17) is 0 Å². The van der Waals surface area contributed by atoms with Gasteiger partial charge in [-0.3, -0.25) is 14.5 Å². The summed E-state index contributed by atoms with van der Waals surface area (Å²) in [6.45, 7) is 3.72.